The predicted molar refractivity (Wildman–Crippen MR) is 107 cm³/mol. The van der Waals surface area contributed by atoms with E-state index < -0.39 is 0 Å². The van der Waals surface area contributed by atoms with Crippen molar-refractivity contribution in [3.63, 3.8) is 0 Å². The van der Waals surface area contributed by atoms with Crippen molar-refractivity contribution in [3.05, 3.63) is 59.2 Å². The van der Waals surface area contributed by atoms with Crippen molar-refractivity contribution in [1.82, 2.24) is 4.90 Å². The lowest BCUT2D eigenvalue weighted by molar-refractivity contribution is -0.128. The summed E-state index contributed by atoms with van der Waals surface area (Å²) in [6, 6.07) is 13.0. The number of carbonyl (C=O) groups is 3. The van der Waals surface area contributed by atoms with Gasteiger partial charge in [-0.3, -0.25) is 14.4 Å². The molecule has 1 saturated heterocycles. The van der Waals surface area contributed by atoms with Gasteiger partial charge in [0.25, 0.3) is 5.91 Å². The van der Waals surface area contributed by atoms with E-state index in [0.29, 0.717) is 30.8 Å². The molecule has 2 aromatic rings. The Labute approximate surface area is 164 Å². The van der Waals surface area contributed by atoms with E-state index >= 15 is 0 Å². The summed E-state index contributed by atoms with van der Waals surface area (Å²) in [4.78, 5) is 39.8. The minimum Gasteiger partial charge on any atom is -0.338 e. The van der Waals surface area contributed by atoms with Crippen LogP contribution in [0, 0.1) is 0 Å². The summed E-state index contributed by atoms with van der Waals surface area (Å²) in [5, 5.41) is 2.94. The largest absolute Gasteiger partial charge is 0.338 e. The van der Waals surface area contributed by atoms with E-state index in [1.54, 1.807) is 17.9 Å². The topological polar surface area (TPSA) is 69.7 Å². The van der Waals surface area contributed by atoms with Gasteiger partial charge in [-0.25, -0.2) is 0 Å². The number of fused-ring (bicyclic) bond motifs is 1. The van der Waals surface area contributed by atoms with Gasteiger partial charge in [-0.15, -0.1) is 0 Å². The first-order valence-electron chi connectivity index (χ1n) is 9.60. The predicted octanol–water partition coefficient (Wildman–Crippen LogP) is 2.97. The Hall–Kier alpha value is -3.15. The number of hydrogen-bond acceptors (Lipinski definition) is 3. The number of anilines is 2. The highest BCUT2D eigenvalue weighted by molar-refractivity contribution is 6.04. The van der Waals surface area contributed by atoms with Gasteiger partial charge in [-0.1, -0.05) is 12.1 Å². The Morgan fingerprint density at radius 3 is 2.68 bits per heavy atom. The summed E-state index contributed by atoms with van der Waals surface area (Å²) in [6.07, 6.45) is 2.30. The molecular weight excluding hydrogens is 354 g/mol. The fraction of sp³-hybridized carbons (Fsp3) is 0.318. The summed E-state index contributed by atoms with van der Waals surface area (Å²) in [5.41, 5.74) is 4.22. The zero-order chi connectivity index (χ0) is 19.7. The third kappa shape index (κ3) is 3.63. The second-order valence-corrected chi connectivity index (χ2v) is 7.34. The van der Waals surface area contributed by atoms with Crippen LogP contribution in [0.5, 0.6) is 0 Å². The van der Waals surface area contributed by atoms with Crippen LogP contribution in [0.1, 0.15) is 41.3 Å². The van der Waals surface area contributed by atoms with Crippen LogP contribution in [-0.2, 0) is 22.6 Å². The van der Waals surface area contributed by atoms with Gasteiger partial charge < -0.3 is 15.1 Å². The Morgan fingerprint density at radius 1 is 1.07 bits per heavy atom. The van der Waals surface area contributed by atoms with Crippen LogP contribution >= 0.6 is 0 Å². The summed E-state index contributed by atoms with van der Waals surface area (Å²) >= 11 is 0. The second-order valence-electron chi connectivity index (χ2n) is 7.34. The summed E-state index contributed by atoms with van der Waals surface area (Å²) in [6.45, 7) is 3.56. The van der Waals surface area contributed by atoms with Gasteiger partial charge in [0.15, 0.2) is 0 Å². The average molecular weight is 377 g/mol. The van der Waals surface area contributed by atoms with Crippen molar-refractivity contribution in [2.45, 2.75) is 32.7 Å². The van der Waals surface area contributed by atoms with Crippen LogP contribution in [0.15, 0.2) is 42.5 Å². The van der Waals surface area contributed by atoms with Crippen molar-refractivity contribution in [3.8, 4) is 0 Å². The third-order valence-electron chi connectivity index (χ3n) is 5.35. The molecule has 2 aliphatic heterocycles. The average Bonchev–Trinajstić information content (AvgIpc) is 3.28. The van der Waals surface area contributed by atoms with Crippen LogP contribution in [0.3, 0.4) is 0 Å². The first kappa shape index (κ1) is 18.2. The quantitative estimate of drug-likeness (QED) is 0.891. The molecule has 0 atom stereocenters. The molecule has 4 rings (SSSR count). The van der Waals surface area contributed by atoms with Crippen LogP contribution in [0.2, 0.25) is 0 Å². The smallest absolute Gasteiger partial charge is 0.255 e. The number of carbonyl (C=O) groups excluding carboxylic acids is 3. The molecule has 0 spiro atoms. The molecule has 6 heteroatoms. The molecule has 2 aliphatic rings. The monoisotopic (exact) mass is 377 g/mol. The van der Waals surface area contributed by atoms with Crippen LogP contribution in [0.4, 0.5) is 11.4 Å². The molecule has 144 valence electrons. The normalized spacial score (nSPS) is 15.7. The van der Waals surface area contributed by atoms with E-state index in [9.17, 15) is 14.4 Å². The number of hydrogen-bond donors (Lipinski definition) is 1. The lowest BCUT2D eigenvalue weighted by Gasteiger charge is -2.16. The molecule has 0 aromatic heterocycles. The molecule has 0 saturated carbocycles. The van der Waals surface area contributed by atoms with E-state index in [2.05, 4.69) is 5.32 Å². The van der Waals surface area contributed by atoms with Gasteiger partial charge in [0.2, 0.25) is 11.8 Å². The lowest BCUT2D eigenvalue weighted by atomic mass is 10.1. The van der Waals surface area contributed by atoms with Gasteiger partial charge in [0.05, 0.1) is 0 Å². The highest BCUT2D eigenvalue weighted by Crippen LogP contribution is 2.30. The Kier molecular flexibility index (Phi) is 4.86. The highest BCUT2D eigenvalue weighted by atomic mass is 16.2. The van der Waals surface area contributed by atoms with E-state index in [1.807, 2.05) is 41.3 Å². The van der Waals surface area contributed by atoms with Crippen molar-refractivity contribution >= 4 is 29.1 Å². The number of rotatable bonds is 4. The van der Waals surface area contributed by atoms with E-state index in [1.165, 1.54) is 0 Å². The molecule has 0 bridgehead atoms. The van der Waals surface area contributed by atoms with E-state index in [0.717, 1.165) is 36.2 Å². The number of likely N-dealkylation sites (tertiary alicyclic amines) is 1. The number of nitrogens with zero attached hydrogens (tertiary/aromatic N) is 2. The molecule has 2 aromatic carbocycles. The standard InChI is InChI=1S/C22H23N3O3/c1-15(26)25-11-9-17-13-19(7-8-20(17)25)23-22(28)18-5-2-4-16(12-18)14-24-10-3-6-21(24)27/h2,4-5,7-8,12-13H,3,6,9-11,14H2,1H3,(H,23,28). The minimum absolute atomic E-state index is 0.0313. The van der Waals surface area contributed by atoms with Crippen molar-refractivity contribution in [2.24, 2.45) is 0 Å². The maximum absolute atomic E-state index is 12.7. The highest BCUT2D eigenvalue weighted by Gasteiger charge is 2.23. The molecule has 1 fully saturated rings. The third-order valence-corrected chi connectivity index (χ3v) is 5.35. The first-order valence-corrected chi connectivity index (χ1v) is 9.60. The summed E-state index contributed by atoms with van der Waals surface area (Å²) < 4.78 is 0. The van der Waals surface area contributed by atoms with E-state index in [4.69, 9.17) is 0 Å². The Balaban J connectivity index is 1.46. The molecule has 2 heterocycles. The van der Waals surface area contributed by atoms with Crippen molar-refractivity contribution < 1.29 is 14.4 Å². The molecule has 1 N–H and O–H groups in total. The van der Waals surface area contributed by atoms with Crippen molar-refractivity contribution in [2.75, 3.05) is 23.3 Å². The first-order chi connectivity index (χ1) is 13.5. The Morgan fingerprint density at radius 2 is 1.93 bits per heavy atom. The summed E-state index contributed by atoms with van der Waals surface area (Å²) in [7, 11) is 0. The fourth-order valence-corrected chi connectivity index (χ4v) is 3.91. The van der Waals surface area contributed by atoms with Gasteiger partial charge in [0.1, 0.15) is 0 Å². The molecule has 28 heavy (non-hydrogen) atoms. The van der Waals surface area contributed by atoms with Gasteiger partial charge >= 0.3 is 0 Å². The molecular formula is C22H23N3O3. The number of nitrogens with one attached hydrogen (secondary N) is 1. The van der Waals surface area contributed by atoms with Crippen LogP contribution in [0.25, 0.3) is 0 Å². The molecule has 6 nitrogen and oxygen atoms in total. The second kappa shape index (κ2) is 7.46. The fourth-order valence-electron chi connectivity index (χ4n) is 3.91. The number of amides is 3. The SMILES string of the molecule is CC(=O)N1CCc2cc(NC(=O)c3cccc(CN4CCCC4=O)c3)ccc21. The van der Waals surface area contributed by atoms with Crippen LogP contribution in [-0.4, -0.2) is 35.7 Å². The molecule has 0 aliphatic carbocycles. The molecule has 0 radical (unpaired) electrons. The van der Waals surface area contributed by atoms with Gasteiger partial charge in [-0.2, -0.15) is 0 Å². The number of benzene rings is 2. The summed E-state index contributed by atoms with van der Waals surface area (Å²) in [5.74, 6) is 0.0207. The maximum atomic E-state index is 12.7. The van der Waals surface area contributed by atoms with Gasteiger partial charge in [0, 0.05) is 49.9 Å². The molecule has 0 unspecified atom stereocenters. The van der Waals surface area contributed by atoms with Crippen LogP contribution < -0.4 is 10.2 Å². The van der Waals surface area contributed by atoms with Gasteiger partial charge in [-0.05, 0) is 54.3 Å². The minimum atomic E-state index is -0.184. The molecule has 3 amide bonds. The van der Waals surface area contributed by atoms with E-state index in [-0.39, 0.29) is 17.7 Å². The maximum Gasteiger partial charge on any atom is 0.255 e. The zero-order valence-electron chi connectivity index (χ0n) is 15.9. The Bertz CT molecular complexity index is 954. The zero-order valence-corrected chi connectivity index (χ0v) is 15.9. The van der Waals surface area contributed by atoms with Crippen molar-refractivity contribution in [1.29, 1.82) is 0 Å². The lowest BCUT2D eigenvalue weighted by Crippen LogP contribution is -2.25.